The summed E-state index contributed by atoms with van der Waals surface area (Å²) in [4.78, 5) is 20.7. The maximum atomic E-state index is 12.0. The van der Waals surface area contributed by atoms with E-state index in [9.17, 15) is 4.79 Å². The molecule has 1 amide bonds. The molecule has 3 N–H and O–H groups in total. The molecule has 9 heteroatoms. The van der Waals surface area contributed by atoms with Crippen molar-refractivity contribution >= 4 is 36.0 Å². The van der Waals surface area contributed by atoms with Gasteiger partial charge in [-0.1, -0.05) is 33.6 Å². The number of halogens is 1. The van der Waals surface area contributed by atoms with Gasteiger partial charge in [0.1, 0.15) is 11.4 Å². The molecule has 1 heterocycles. The van der Waals surface area contributed by atoms with Gasteiger partial charge in [0, 0.05) is 38.6 Å². The number of hydrogen-bond donors (Lipinski definition) is 3. The van der Waals surface area contributed by atoms with Crippen molar-refractivity contribution in [3.63, 3.8) is 0 Å². The van der Waals surface area contributed by atoms with Gasteiger partial charge in [0.15, 0.2) is 5.96 Å². The molecule has 0 saturated heterocycles. The second kappa shape index (κ2) is 14.5. The predicted octanol–water partition coefficient (Wildman–Crippen LogP) is 3.91. The largest absolute Gasteiger partial charge is 0.444 e. The molecule has 1 atom stereocenters. The quantitative estimate of drug-likeness (QED) is 0.240. The zero-order valence-corrected chi connectivity index (χ0v) is 21.9. The number of aromatic nitrogens is 2. The van der Waals surface area contributed by atoms with Crippen molar-refractivity contribution in [1.82, 2.24) is 25.5 Å². The van der Waals surface area contributed by atoms with Crippen LogP contribution in [0, 0.1) is 5.92 Å². The van der Waals surface area contributed by atoms with Crippen LogP contribution in [0.5, 0.6) is 0 Å². The summed E-state index contributed by atoms with van der Waals surface area (Å²) >= 11 is 0. The first kappa shape index (κ1) is 28.5. The molecule has 0 bridgehead atoms. The zero-order chi connectivity index (χ0) is 21.9. The normalized spacial score (nSPS) is 12.9. The van der Waals surface area contributed by atoms with Crippen molar-refractivity contribution in [2.75, 3.05) is 13.6 Å². The number of guanidine groups is 1. The number of amides is 1. The molecule has 1 aromatic heterocycles. The number of alkyl carbamates (subject to hydrolysis) is 1. The molecule has 0 aliphatic rings. The Morgan fingerprint density at radius 3 is 2.57 bits per heavy atom. The molecule has 0 aliphatic carbocycles. The summed E-state index contributed by atoms with van der Waals surface area (Å²) in [5.41, 5.74) is -0.508. The van der Waals surface area contributed by atoms with Crippen molar-refractivity contribution in [3.8, 4) is 0 Å². The van der Waals surface area contributed by atoms with Crippen LogP contribution in [0.25, 0.3) is 0 Å². The van der Waals surface area contributed by atoms with Crippen LogP contribution in [0.15, 0.2) is 17.4 Å². The molecule has 30 heavy (non-hydrogen) atoms. The Hall–Kier alpha value is -1.52. The minimum absolute atomic E-state index is 0. The third kappa shape index (κ3) is 12.2. The fourth-order valence-electron chi connectivity index (χ4n) is 2.81. The van der Waals surface area contributed by atoms with Crippen molar-refractivity contribution in [3.05, 3.63) is 18.2 Å². The first-order chi connectivity index (χ1) is 13.6. The Morgan fingerprint density at radius 1 is 1.30 bits per heavy atom. The molecular formula is C21H41IN6O2. The van der Waals surface area contributed by atoms with Gasteiger partial charge in [0.2, 0.25) is 0 Å². The molecule has 0 fully saturated rings. The Bertz CT molecular complexity index is 640. The van der Waals surface area contributed by atoms with E-state index >= 15 is 0 Å². The monoisotopic (exact) mass is 536 g/mol. The highest BCUT2D eigenvalue weighted by Crippen LogP contribution is 2.07. The van der Waals surface area contributed by atoms with E-state index in [0.29, 0.717) is 25.0 Å². The molecule has 174 valence electrons. The number of hydrogen-bond acceptors (Lipinski definition) is 4. The van der Waals surface area contributed by atoms with E-state index in [4.69, 9.17) is 4.74 Å². The molecule has 1 aromatic rings. The van der Waals surface area contributed by atoms with Crippen molar-refractivity contribution in [2.24, 2.45) is 10.9 Å². The molecule has 0 aromatic carbocycles. The second-order valence-corrected chi connectivity index (χ2v) is 8.68. The molecule has 8 nitrogen and oxygen atoms in total. The number of carbonyl (C=O) groups excluding carboxylic acids is 1. The predicted molar refractivity (Wildman–Crippen MR) is 133 cm³/mol. The third-order valence-corrected chi connectivity index (χ3v) is 4.14. The maximum Gasteiger partial charge on any atom is 0.407 e. The number of ether oxygens (including phenoxy) is 1. The van der Waals surface area contributed by atoms with Gasteiger partial charge in [-0.25, -0.2) is 9.78 Å². The number of nitrogens with zero attached hydrogens (tertiary/aromatic N) is 3. The number of nitrogens with one attached hydrogen (secondary N) is 3. The summed E-state index contributed by atoms with van der Waals surface area (Å²) in [7, 11) is 1.74. The van der Waals surface area contributed by atoms with E-state index in [-0.39, 0.29) is 30.0 Å². The lowest BCUT2D eigenvalue weighted by Crippen LogP contribution is -2.49. The van der Waals surface area contributed by atoms with Crippen LogP contribution in [0.2, 0.25) is 0 Å². The smallest absolute Gasteiger partial charge is 0.407 e. The summed E-state index contributed by atoms with van der Waals surface area (Å²) in [5, 5.41) is 9.60. The lowest BCUT2D eigenvalue weighted by atomic mass is 10.1. The first-order valence-electron chi connectivity index (χ1n) is 10.6. The second-order valence-electron chi connectivity index (χ2n) is 8.68. The first-order valence-corrected chi connectivity index (χ1v) is 10.6. The molecule has 0 saturated carbocycles. The Morgan fingerprint density at radius 2 is 2.00 bits per heavy atom. The van der Waals surface area contributed by atoms with Gasteiger partial charge in [0.05, 0.1) is 6.54 Å². The van der Waals surface area contributed by atoms with Crippen molar-refractivity contribution in [2.45, 2.75) is 85.5 Å². The highest BCUT2D eigenvalue weighted by molar-refractivity contribution is 14.0. The van der Waals surface area contributed by atoms with Crippen molar-refractivity contribution in [1.29, 1.82) is 0 Å². The van der Waals surface area contributed by atoms with E-state index in [1.165, 1.54) is 0 Å². The Labute approximate surface area is 199 Å². The van der Waals surface area contributed by atoms with Crippen molar-refractivity contribution < 1.29 is 9.53 Å². The highest BCUT2D eigenvalue weighted by Gasteiger charge is 2.18. The van der Waals surface area contributed by atoms with E-state index in [0.717, 1.165) is 31.6 Å². The third-order valence-electron chi connectivity index (χ3n) is 4.14. The average Bonchev–Trinajstić information content (AvgIpc) is 3.05. The summed E-state index contributed by atoms with van der Waals surface area (Å²) in [6.45, 7) is 14.1. The summed E-state index contributed by atoms with van der Waals surface area (Å²) in [6.07, 6.45) is 6.49. The van der Waals surface area contributed by atoms with Crippen LogP contribution < -0.4 is 16.0 Å². The van der Waals surface area contributed by atoms with Gasteiger partial charge >= 0.3 is 6.09 Å². The number of carbonyl (C=O) groups is 1. The van der Waals surface area contributed by atoms with E-state index in [2.05, 4.69) is 51.3 Å². The van der Waals surface area contributed by atoms with Gasteiger partial charge in [-0.05, 0) is 33.1 Å². The summed E-state index contributed by atoms with van der Waals surface area (Å²) < 4.78 is 7.49. The van der Waals surface area contributed by atoms with E-state index < -0.39 is 11.7 Å². The highest BCUT2D eigenvalue weighted by atomic mass is 127. The van der Waals surface area contributed by atoms with Gasteiger partial charge < -0.3 is 25.3 Å². The number of rotatable bonds is 10. The molecule has 0 spiro atoms. The molecule has 1 rings (SSSR count). The molecular weight excluding hydrogens is 495 g/mol. The molecule has 0 radical (unpaired) electrons. The van der Waals surface area contributed by atoms with Crippen LogP contribution in [0.3, 0.4) is 0 Å². The van der Waals surface area contributed by atoms with Crippen LogP contribution in [0.1, 0.15) is 66.6 Å². The van der Waals surface area contributed by atoms with Gasteiger partial charge in [-0.3, -0.25) is 4.99 Å². The standard InChI is InChI=1S/C21H40N6O2.HI/c1-8-9-10-17(13-25-20(28)29-21(4,5)6)26-19(22-7)24-14-18-23-11-12-27(18)15-16(2)3;/h11-12,16-17H,8-10,13-15H2,1-7H3,(H,25,28)(H2,22,24,26);1H. The van der Waals surface area contributed by atoms with E-state index in [1.54, 1.807) is 7.05 Å². The number of aliphatic imine (C=N–C) groups is 1. The van der Waals surface area contributed by atoms with Gasteiger partial charge in [-0.2, -0.15) is 0 Å². The average molecular weight is 537 g/mol. The summed E-state index contributed by atoms with van der Waals surface area (Å²) in [6, 6.07) is 0.0593. The summed E-state index contributed by atoms with van der Waals surface area (Å²) in [5.74, 6) is 2.22. The van der Waals surface area contributed by atoms with Crippen LogP contribution in [-0.4, -0.2) is 46.8 Å². The van der Waals surface area contributed by atoms with Gasteiger partial charge in [-0.15, -0.1) is 24.0 Å². The van der Waals surface area contributed by atoms with Gasteiger partial charge in [0.25, 0.3) is 0 Å². The van der Waals surface area contributed by atoms with Crippen LogP contribution in [-0.2, 0) is 17.8 Å². The Balaban J connectivity index is 0.00000841. The fourth-order valence-corrected chi connectivity index (χ4v) is 2.81. The molecule has 1 unspecified atom stereocenters. The minimum Gasteiger partial charge on any atom is -0.444 e. The zero-order valence-electron chi connectivity index (χ0n) is 19.6. The minimum atomic E-state index is -0.508. The van der Waals surface area contributed by atoms with Crippen LogP contribution in [0.4, 0.5) is 4.79 Å². The van der Waals surface area contributed by atoms with Crippen LogP contribution >= 0.6 is 24.0 Å². The number of imidazole rings is 1. The van der Waals surface area contributed by atoms with E-state index in [1.807, 2.05) is 33.2 Å². The Kier molecular flexibility index (Phi) is 13.7. The number of unbranched alkanes of at least 4 members (excludes halogenated alkanes) is 1. The lowest BCUT2D eigenvalue weighted by Gasteiger charge is -2.24. The topological polar surface area (TPSA) is 92.6 Å². The fraction of sp³-hybridized carbons (Fsp3) is 0.762. The molecule has 0 aliphatic heterocycles. The SMILES string of the molecule is CCCCC(CNC(=O)OC(C)(C)C)NC(=NC)NCc1nccn1CC(C)C.I. The lowest BCUT2D eigenvalue weighted by molar-refractivity contribution is 0.0523. The maximum absolute atomic E-state index is 12.0.